The van der Waals surface area contributed by atoms with Gasteiger partial charge in [0.2, 0.25) is 5.82 Å². The molecule has 7 heteroatoms. The zero-order chi connectivity index (χ0) is 17.9. The van der Waals surface area contributed by atoms with Crippen LogP contribution in [0.2, 0.25) is 0 Å². The van der Waals surface area contributed by atoms with Gasteiger partial charge in [-0.2, -0.15) is 0 Å². The minimum absolute atomic E-state index is 0.0616. The zero-order valence-electron chi connectivity index (χ0n) is 15.4. The van der Waals surface area contributed by atoms with E-state index in [2.05, 4.69) is 33.9 Å². The van der Waals surface area contributed by atoms with E-state index < -0.39 is 0 Å². The fraction of sp³-hybridized carbons (Fsp3) is 0.706. The maximum Gasteiger partial charge on any atom is 0.291 e. The van der Waals surface area contributed by atoms with Crippen LogP contribution in [0.4, 0.5) is 5.82 Å². The van der Waals surface area contributed by atoms with Crippen molar-refractivity contribution in [1.82, 2.24) is 19.8 Å². The molecule has 0 spiro atoms. The van der Waals surface area contributed by atoms with E-state index in [0.29, 0.717) is 19.1 Å². The number of carbonyl (C=O) groups excluding carboxylic acids is 1. The Labute approximate surface area is 144 Å². The van der Waals surface area contributed by atoms with Crippen LogP contribution in [0.1, 0.15) is 35.2 Å². The van der Waals surface area contributed by atoms with Crippen LogP contribution in [0.5, 0.6) is 0 Å². The van der Waals surface area contributed by atoms with Gasteiger partial charge in [-0.3, -0.25) is 4.79 Å². The molecule has 1 aliphatic rings. The molecular formula is C17H29N5O2. The van der Waals surface area contributed by atoms with Crippen LogP contribution in [-0.4, -0.2) is 83.7 Å². The molecule has 2 rings (SSSR count). The third kappa shape index (κ3) is 3.84. The molecule has 1 saturated heterocycles. The van der Waals surface area contributed by atoms with E-state index in [9.17, 15) is 4.79 Å². The fourth-order valence-corrected chi connectivity index (χ4v) is 3.04. The van der Waals surface area contributed by atoms with Crippen molar-refractivity contribution in [2.75, 3.05) is 51.8 Å². The molecule has 1 N–H and O–H groups in total. The maximum absolute atomic E-state index is 12.6. The van der Waals surface area contributed by atoms with Gasteiger partial charge in [0, 0.05) is 43.5 Å². The Morgan fingerprint density at radius 2 is 2.04 bits per heavy atom. The van der Waals surface area contributed by atoms with Crippen LogP contribution in [0.3, 0.4) is 0 Å². The number of anilines is 1. The highest BCUT2D eigenvalue weighted by Crippen LogP contribution is 2.25. The number of aryl methyl sites for hydroxylation is 1. The summed E-state index contributed by atoms with van der Waals surface area (Å²) in [6.45, 7) is 8.41. The lowest BCUT2D eigenvalue weighted by molar-refractivity contribution is 0.0719. The number of carbonyl (C=O) groups is 1. The minimum atomic E-state index is -0.223. The lowest BCUT2D eigenvalue weighted by Crippen LogP contribution is -2.36. The first-order valence-electron chi connectivity index (χ1n) is 8.55. The highest BCUT2D eigenvalue weighted by atomic mass is 16.3. The molecule has 1 fully saturated rings. The van der Waals surface area contributed by atoms with Crippen LogP contribution in [0, 0.1) is 13.8 Å². The van der Waals surface area contributed by atoms with Gasteiger partial charge in [0.05, 0.1) is 6.61 Å². The topological polar surface area (TPSA) is 72.8 Å². The molecular weight excluding hydrogens is 306 g/mol. The number of nitrogens with zero attached hydrogens (tertiary/aromatic N) is 5. The van der Waals surface area contributed by atoms with Crippen molar-refractivity contribution >= 4 is 11.7 Å². The van der Waals surface area contributed by atoms with Crippen LogP contribution in [-0.2, 0) is 0 Å². The van der Waals surface area contributed by atoms with E-state index in [1.165, 1.54) is 0 Å². The molecule has 1 aromatic rings. The monoisotopic (exact) mass is 335 g/mol. The van der Waals surface area contributed by atoms with E-state index in [4.69, 9.17) is 5.11 Å². The van der Waals surface area contributed by atoms with Crippen molar-refractivity contribution < 1.29 is 9.90 Å². The van der Waals surface area contributed by atoms with Gasteiger partial charge in [0.15, 0.2) is 0 Å². The predicted molar refractivity (Wildman–Crippen MR) is 94.5 cm³/mol. The van der Waals surface area contributed by atoms with Gasteiger partial charge in [-0.25, -0.2) is 9.97 Å². The second-order valence-electron chi connectivity index (χ2n) is 6.54. The van der Waals surface area contributed by atoms with E-state index in [0.717, 1.165) is 36.6 Å². The second-order valence-corrected chi connectivity index (χ2v) is 6.54. The number of aliphatic hydroxyl groups is 1. The van der Waals surface area contributed by atoms with Crippen molar-refractivity contribution in [3.05, 3.63) is 17.1 Å². The molecule has 1 aliphatic heterocycles. The first-order chi connectivity index (χ1) is 11.4. The normalized spacial score (nSPS) is 17.6. The van der Waals surface area contributed by atoms with E-state index in [1.54, 1.807) is 4.90 Å². The average Bonchev–Trinajstić information content (AvgIpc) is 3.04. The molecule has 2 heterocycles. The maximum atomic E-state index is 12.6. The molecule has 0 aliphatic carbocycles. The molecule has 24 heavy (non-hydrogen) atoms. The van der Waals surface area contributed by atoms with E-state index >= 15 is 0 Å². The summed E-state index contributed by atoms with van der Waals surface area (Å²) >= 11 is 0. The summed E-state index contributed by atoms with van der Waals surface area (Å²) in [7, 11) is 4.18. The number of hydrogen-bond donors (Lipinski definition) is 1. The Morgan fingerprint density at radius 3 is 2.58 bits per heavy atom. The van der Waals surface area contributed by atoms with Gasteiger partial charge in [0.1, 0.15) is 5.82 Å². The van der Waals surface area contributed by atoms with Crippen molar-refractivity contribution in [2.45, 2.75) is 33.2 Å². The summed E-state index contributed by atoms with van der Waals surface area (Å²) in [5, 5.41) is 9.12. The van der Waals surface area contributed by atoms with Crippen molar-refractivity contribution in [3.63, 3.8) is 0 Å². The molecule has 1 atom stereocenters. The zero-order valence-corrected chi connectivity index (χ0v) is 15.4. The first-order valence-corrected chi connectivity index (χ1v) is 8.55. The van der Waals surface area contributed by atoms with E-state index in [1.807, 2.05) is 20.8 Å². The molecule has 134 valence electrons. The number of rotatable bonds is 6. The van der Waals surface area contributed by atoms with Gasteiger partial charge < -0.3 is 19.8 Å². The predicted octanol–water partition coefficient (Wildman–Crippen LogP) is 0.688. The largest absolute Gasteiger partial charge is 0.395 e. The van der Waals surface area contributed by atoms with Crippen LogP contribution in [0.15, 0.2) is 0 Å². The number of hydrogen-bond acceptors (Lipinski definition) is 6. The number of amides is 1. The van der Waals surface area contributed by atoms with Crippen LogP contribution in [0.25, 0.3) is 0 Å². The summed E-state index contributed by atoms with van der Waals surface area (Å²) < 4.78 is 0. The average molecular weight is 335 g/mol. The lowest BCUT2D eigenvalue weighted by atomic mass is 10.2. The van der Waals surface area contributed by atoms with E-state index in [-0.39, 0.29) is 18.3 Å². The van der Waals surface area contributed by atoms with Crippen molar-refractivity contribution in [2.24, 2.45) is 0 Å². The van der Waals surface area contributed by atoms with Gasteiger partial charge in [-0.15, -0.1) is 0 Å². The van der Waals surface area contributed by atoms with Crippen molar-refractivity contribution in [1.29, 1.82) is 0 Å². The molecule has 0 aromatic carbocycles. The number of aromatic nitrogens is 2. The Bertz CT molecular complexity index is 591. The summed E-state index contributed by atoms with van der Waals surface area (Å²) in [6, 6.07) is 0.500. The SMILES string of the molecule is CCN(CCO)C(=O)c1nc(C)c(C)c(N2CC[C@@H](N(C)C)C2)n1. The fourth-order valence-electron chi connectivity index (χ4n) is 3.04. The Morgan fingerprint density at radius 1 is 1.33 bits per heavy atom. The first kappa shape index (κ1) is 18.6. The standard InChI is InChI=1S/C17H29N5O2/c1-6-21(9-10-23)17(24)15-18-13(3)12(2)16(19-15)22-8-7-14(11-22)20(4)5/h14,23H,6-11H2,1-5H3/t14-/m1/s1. The third-order valence-corrected chi connectivity index (χ3v) is 4.79. The highest BCUT2D eigenvalue weighted by Gasteiger charge is 2.28. The quantitative estimate of drug-likeness (QED) is 0.824. The Kier molecular flexibility index (Phi) is 6.12. The van der Waals surface area contributed by atoms with Gasteiger partial charge >= 0.3 is 0 Å². The van der Waals surface area contributed by atoms with Gasteiger partial charge in [0.25, 0.3) is 5.91 Å². The molecule has 0 unspecified atom stereocenters. The Balaban J connectivity index is 2.30. The minimum Gasteiger partial charge on any atom is -0.395 e. The van der Waals surface area contributed by atoms with Gasteiger partial charge in [-0.1, -0.05) is 0 Å². The molecule has 0 bridgehead atoms. The lowest BCUT2D eigenvalue weighted by Gasteiger charge is -2.24. The number of likely N-dealkylation sites (N-methyl/N-ethyl adjacent to an activating group) is 2. The van der Waals surface area contributed by atoms with Gasteiger partial charge in [-0.05, 0) is 41.3 Å². The van der Waals surface area contributed by atoms with Crippen LogP contribution < -0.4 is 4.90 Å². The molecule has 1 amide bonds. The number of aliphatic hydroxyl groups excluding tert-OH is 1. The molecule has 7 nitrogen and oxygen atoms in total. The van der Waals surface area contributed by atoms with Crippen molar-refractivity contribution in [3.8, 4) is 0 Å². The summed E-state index contributed by atoms with van der Waals surface area (Å²) in [5.74, 6) is 0.853. The second kappa shape index (κ2) is 7.90. The summed E-state index contributed by atoms with van der Waals surface area (Å²) in [5.41, 5.74) is 1.85. The molecule has 0 radical (unpaired) electrons. The molecule has 1 aromatic heterocycles. The molecule has 0 saturated carbocycles. The summed E-state index contributed by atoms with van der Waals surface area (Å²) in [4.78, 5) is 27.6. The summed E-state index contributed by atoms with van der Waals surface area (Å²) in [6.07, 6.45) is 1.09. The highest BCUT2D eigenvalue weighted by molar-refractivity contribution is 5.91. The third-order valence-electron chi connectivity index (χ3n) is 4.79. The van der Waals surface area contributed by atoms with Crippen LogP contribution >= 0.6 is 0 Å². The Hall–Kier alpha value is -1.73. The smallest absolute Gasteiger partial charge is 0.291 e.